The molecule has 0 aromatic carbocycles. The first kappa shape index (κ1) is 11.7. The second-order valence-electron chi connectivity index (χ2n) is 4.30. The zero-order chi connectivity index (χ0) is 10.6. The standard InChI is InChI=1S/C11H21NO2/c1-9(8-14-3)12(2)7-10-5-4-6-11(10)13/h9-10H,4-8H2,1-3H3. The summed E-state index contributed by atoms with van der Waals surface area (Å²) in [6, 6.07) is 0.397. The third kappa shape index (κ3) is 3.07. The van der Waals surface area contributed by atoms with Crippen LogP contribution in [0.2, 0.25) is 0 Å². The lowest BCUT2D eigenvalue weighted by Crippen LogP contribution is -2.37. The summed E-state index contributed by atoms with van der Waals surface area (Å²) in [5, 5.41) is 0. The van der Waals surface area contributed by atoms with Gasteiger partial charge in [-0.2, -0.15) is 0 Å². The van der Waals surface area contributed by atoms with Crippen LogP contribution < -0.4 is 0 Å². The first-order chi connectivity index (χ1) is 6.65. The van der Waals surface area contributed by atoms with Crippen LogP contribution in [-0.4, -0.2) is 44.0 Å². The summed E-state index contributed by atoms with van der Waals surface area (Å²) in [7, 11) is 3.78. The Morgan fingerprint density at radius 2 is 2.36 bits per heavy atom. The molecule has 1 fully saturated rings. The largest absolute Gasteiger partial charge is 0.383 e. The van der Waals surface area contributed by atoms with Crippen molar-refractivity contribution >= 4 is 5.78 Å². The van der Waals surface area contributed by atoms with Gasteiger partial charge in [-0.25, -0.2) is 0 Å². The second-order valence-corrected chi connectivity index (χ2v) is 4.30. The molecule has 0 aromatic rings. The molecule has 1 aliphatic rings. The molecule has 14 heavy (non-hydrogen) atoms. The summed E-state index contributed by atoms with van der Waals surface area (Å²) < 4.78 is 5.09. The zero-order valence-corrected chi connectivity index (χ0v) is 9.45. The quantitative estimate of drug-likeness (QED) is 0.669. The van der Waals surface area contributed by atoms with Crippen LogP contribution in [0.25, 0.3) is 0 Å². The Kier molecular flexibility index (Phi) is 4.55. The highest BCUT2D eigenvalue weighted by Crippen LogP contribution is 2.22. The smallest absolute Gasteiger partial charge is 0.137 e. The molecule has 1 saturated carbocycles. The molecule has 0 amide bonds. The van der Waals surface area contributed by atoms with E-state index in [0.29, 0.717) is 11.8 Å². The number of rotatable bonds is 5. The zero-order valence-electron chi connectivity index (χ0n) is 9.45. The van der Waals surface area contributed by atoms with E-state index >= 15 is 0 Å². The van der Waals surface area contributed by atoms with Gasteiger partial charge in [0.2, 0.25) is 0 Å². The minimum Gasteiger partial charge on any atom is -0.383 e. The fraction of sp³-hybridized carbons (Fsp3) is 0.909. The first-order valence-electron chi connectivity index (χ1n) is 5.37. The van der Waals surface area contributed by atoms with Crippen molar-refractivity contribution < 1.29 is 9.53 Å². The Labute approximate surface area is 86.4 Å². The summed E-state index contributed by atoms with van der Waals surface area (Å²) in [5.41, 5.74) is 0. The molecular weight excluding hydrogens is 178 g/mol. The molecule has 0 bridgehead atoms. The van der Waals surface area contributed by atoms with Gasteiger partial charge in [0, 0.05) is 32.0 Å². The van der Waals surface area contributed by atoms with E-state index in [4.69, 9.17) is 4.74 Å². The molecular formula is C11H21NO2. The van der Waals surface area contributed by atoms with Gasteiger partial charge in [-0.3, -0.25) is 4.79 Å². The number of ether oxygens (including phenoxy) is 1. The lowest BCUT2D eigenvalue weighted by atomic mass is 10.1. The maximum absolute atomic E-state index is 11.4. The number of hydrogen-bond donors (Lipinski definition) is 0. The van der Waals surface area contributed by atoms with E-state index in [0.717, 1.165) is 32.4 Å². The number of likely N-dealkylation sites (N-methyl/N-ethyl adjacent to an activating group) is 1. The molecule has 0 aliphatic heterocycles. The summed E-state index contributed by atoms with van der Waals surface area (Å²) in [6.45, 7) is 3.75. The predicted molar refractivity (Wildman–Crippen MR) is 56.3 cm³/mol. The third-order valence-electron chi connectivity index (χ3n) is 3.10. The molecule has 0 N–H and O–H groups in total. The van der Waals surface area contributed by atoms with Gasteiger partial charge < -0.3 is 9.64 Å². The normalized spacial score (nSPS) is 24.6. The van der Waals surface area contributed by atoms with E-state index in [2.05, 4.69) is 18.9 Å². The number of methoxy groups -OCH3 is 1. The van der Waals surface area contributed by atoms with Crippen molar-refractivity contribution in [2.45, 2.75) is 32.2 Å². The van der Waals surface area contributed by atoms with Gasteiger partial charge >= 0.3 is 0 Å². The highest BCUT2D eigenvalue weighted by Gasteiger charge is 2.26. The molecule has 0 saturated heterocycles. The van der Waals surface area contributed by atoms with E-state index < -0.39 is 0 Å². The monoisotopic (exact) mass is 199 g/mol. The summed E-state index contributed by atoms with van der Waals surface area (Å²) in [4.78, 5) is 13.7. The van der Waals surface area contributed by atoms with Gasteiger partial charge in [0.05, 0.1) is 6.61 Å². The van der Waals surface area contributed by atoms with Crippen molar-refractivity contribution in [2.24, 2.45) is 5.92 Å². The Morgan fingerprint density at radius 1 is 1.64 bits per heavy atom. The van der Waals surface area contributed by atoms with Gasteiger partial charge in [0.1, 0.15) is 5.78 Å². The van der Waals surface area contributed by atoms with E-state index in [-0.39, 0.29) is 5.92 Å². The van der Waals surface area contributed by atoms with Crippen molar-refractivity contribution in [3.05, 3.63) is 0 Å². The molecule has 0 heterocycles. The van der Waals surface area contributed by atoms with Gasteiger partial charge in [-0.15, -0.1) is 0 Å². The molecule has 1 rings (SSSR count). The predicted octanol–water partition coefficient (Wildman–Crippen LogP) is 1.32. The fourth-order valence-corrected chi connectivity index (χ4v) is 1.98. The Morgan fingerprint density at radius 3 is 2.86 bits per heavy atom. The van der Waals surface area contributed by atoms with Crippen molar-refractivity contribution in [3.8, 4) is 0 Å². The van der Waals surface area contributed by atoms with Gasteiger partial charge in [-0.05, 0) is 26.8 Å². The van der Waals surface area contributed by atoms with Crippen molar-refractivity contribution in [1.29, 1.82) is 0 Å². The first-order valence-corrected chi connectivity index (χ1v) is 5.37. The molecule has 0 aromatic heterocycles. The molecule has 82 valence electrons. The molecule has 0 radical (unpaired) electrons. The van der Waals surface area contributed by atoms with E-state index in [1.165, 1.54) is 0 Å². The minimum atomic E-state index is 0.277. The Hall–Kier alpha value is -0.410. The summed E-state index contributed by atoms with van der Waals surface area (Å²) >= 11 is 0. The lowest BCUT2D eigenvalue weighted by molar-refractivity contribution is -0.121. The average molecular weight is 199 g/mol. The number of carbonyl (C=O) groups excluding carboxylic acids is 1. The van der Waals surface area contributed by atoms with Gasteiger partial charge in [0.15, 0.2) is 0 Å². The van der Waals surface area contributed by atoms with Gasteiger partial charge in [-0.1, -0.05) is 0 Å². The second kappa shape index (κ2) is 5.47. The Balaban J connectivity index is 2.31. The maximum Gasteiger partial charge on any atom is 0.137 e. The number of ketones is 1. The van der Waals surface area contributed by atoms with Crippen LogP contribution in [0.15, 0.2) is 0 Å². The lowest BCUT2D eigenvalue weighted by Gasteiger charge is -2.26. The molecule has 2 unspecified atom stereocenters. The van der Waals surface area contributed by atoms with Crippen molar-refractivity contribution in [3.63, 3.8) is 0 Å². The van der Waals surface area contributed by atoms with E-state index in [1.807, 2.05) is 0 Å². The van der Waals surface area contributed by atoms with Crippen LogP contribution in [0, 0.1) is 5.92 Å². The molecule has 3 heteroatoms. The van der Waals surface area contributed by atoms with Crippen LogP contribution in [0.5, 0.6) is 0 Å². The third-order valence-corrected chi connectivity index (χ3v) is 3.10. The van der Waals surface area contributed by atoms with Crippen LogP contribution in [0.3, 0.4) is 0 Å². The van der Waals surface area contributed by atoms with Crippen molar-refractivity contribution in [2.75, 3.05) is 27.3 Å². The van der Waals surface area contributed by atoms with Crippen LogP contribution >= 0.6 is 0 Å². The minimum absolute atomic E-state index is 0.277. The highest BCUT2D eigenvalue weighted by atomic mass is 16.5. The van der Waals surface area contributed by atoms with Crippen LogP contribution in [0.1, 0.15) is 26.2 Å². The fourth-order valence-electron chi connectivity index (χ4n) is 1.98. The maximum atomic E-state index is 11.4. The topological polar surface area (TPSA) is 29.5 Å². The summed E-state index contributed by atoms with van der Waals surface area (Å²) in [5.74, 6) is 0.723. The summed E-state index contributed by atoms with van der Waals surface area (Å²) in [6.07, 6.45) is 2.94. The van der Waals surface area contributed by atoms with Crippen LogP contribution in [0.4, 0.5) is 0 Å². The number of nitrogens with zero attached hydrogens (tertiary/aromatic N) is 1. The number of carbonyl (C=O) groups is 1. The van der Waals surface area contributed by atoms with Crippen LogP contribution in [-0.2, 0) is 9.53 Å². The molecule has 3 nitrogen and oxygen atoms in total. The molecule has 2 atom stereocenters. The molecule has 0 spiro atoms. The SMILES string of the molecule is COCC(C)N(C)CC1CCCC1=O. The van der Waals surface area contributed by atoms with Crippen molar-refractivity contribution in [1.82, 2.24) is 4.90 Å². The number of Topliss-reactive ketones (excluding diaryl/α,β-unsaturated/α-hetero) is 1. The average Bonchev–Trinajstić information content (AvgIpc) is 2.52. The van der Waals surface area contributed by atoms with E-state index in [9.17, 15) is 4.79 Å². The Bertz CT molecular complexity index is 194. The number of hydrogen-bond acceptors (Lipinski definition) is 3. The molecule has 1 aliphatic carbocycles. The highest BCUT2D eigenvalue weighted by molar-refractivity contribution is 5.83. The van der Waals surface area contributed by atoms with E-state index in [1.54, 1.807) is 7.11 Å². The van der Waals surface area contributed by atoms with Gasteiger partial charge in [0.25, 0.3) is 0 Å².